The van der Waals surface area contributed by atoms with Crippen LogP contribution in [0.1, 0.15) is 51.5 Å². The Morgan fingerprint density at radius 3 is 2.44 bits per heavy atom. The third-order valence-corrected chi connectivity index (χ3v) is 5.34. The zero-order valence-corrected chi connectivity index (χ0v) is 12.5. The first-order valence-corrected chi connectivity index (χ1v) is 8.30. The van der Waals surface area contributed by atoms with Crippen LogP contribution in [0.4, 0.5) is 0 Å². The van der Waals surface area contributed by atoms with Crippen LogP contribution >= 0.6 is 11.3 Å². The summed E-state index contributed by atoms with van der Waals surface area (Å²) in [5.74, 6) is 2.26. The highest BCUT2D eigenvalue weighted by atomic mass is 32.1. The van der Waals surface area contributed by atoms with Crippen molar-refractivity contribution in [2.45, 2.75) is 58.5 Å². The number of aryl methyl sites for hydroxylation is 1. The van der Waals surface area contributed by atoms with E-state index >= 15 is 0 Å². The molecule has 0 radical (unpaired) electrons. The Morgan fingerprint density at radius 2 is 1.89 bits per heavy atom. The molecule has 18 heavy (non-hydrogen) atoms. The van der Waals surface area contributed by atoms with E-state index in [0.29, 0.717) is 5.92 Å². The van der Waals surface area contributed by atoms with Gasteiger partial charge in [-0.1, -0.05) is 13.8 Å². The normalized spacial score (nSPS) is 26.4. The van der Waals surface area contributed by atoms with Gasteiger partial charge in [0.1, 0.15) is 0 Å². The molecular weight excluding hydrogens is 240 g/mol. The molecule has 0 aromatic carbocycles. The molecule has 1 aromatic heterocycles. The molecule has 2 heteroatoms. The Bertz CT molecular complexity index is 323. The van der Waals surface area contributed by atoms with E-state index in [1.54, 1.807) is 11.3 Å². The van der Waals surface area contributed by atoms with E-state index in [-0.39, 0.29) is 6.10 Å². The first kappa shape index (κ1) is 14.1. The zero-order chi connectivity index (χ0) is 13.0. The number of rotatable bonds is 5. The third kappa shape index (κ3) is 3.83. The topological polar surface area (TPSA) is 20.2 Å². The summed E-state index contributed by atoms with van der Waals surface area (Å²) in [4.78, 5) is 0. The lowest BCUT2D eigenvalue weighted by Gasteiger charge is -2.33. The fourth-order valence-electron chi connectivity index (χ4n) is 3.18. The maximum Gasteiger partial charge on any atom is 0.0571 e. The highest BCUT2D eigenvalue weighted by Gasteiger charge is 2.27. The van der Waals surface area contributed by atoms with Gasteiger partial charge in [-0.3, -0.25) is 0 Å². The summed E-state index contributed by atoms with van der Waals surface area (Å²) >= 11 is 1.75. The first-order valence-electron chi connectivity index (χ1n) is 7.36. The van der Waals surface area contributed by atoms with Crippen LogP contribution in [-0.2, 0) is 6.42 Å². The zero-order valence-electron chi connectivity index (χ0n) is 11.6. The SMILES string of the molecule is CC(C)C1CCC(C(O)CCc2ccsc2)CC1. The van der Waals surface area contributed by atoms with Gasteiger partial charge >= 0.3 is 0 Å². The summed E-state index contributed by atoms with van der Waals surface area (Å²) < 4.78 is 0. The minimum Gasteiger partial charge on any atom is -0.393 e. The smallest absolute Gasteiger partial charge is 0.0571 e. The van der Waals surface area contributed by atoms with Crippen molar-refractivity contribution in [3.05, 3.63) is 22.4 Å². The third-order valence-electron chi connectivity index (χ3n) is 4.61. The summed E-state index contributed by atoms with van der Waals surface area (Å²) in [6, 6.07) is 2.17. The maximum absolute atomic E-state index is 10.3. The molecule has 0 saturated heterocycles. The molecule has 0 spiro atoms. The van der Waals surface area contributed by atoms with Crippen LogP contribution < -0.4 is 0 Å². The average molecular weight is 266 g/mol. The highest BCUT2D eigenvalue weighted by Crippen LogP contribution is 2.35. The van der Waals surface area contributed by atoms with Gasteiger partial charge in [-0.15, -0.1) is 0 Å². The van der Waals surface area contributed by atoms with Crippen molar-refractivity contribution in [1.29, 1.82) is 0 Å². The number of aliphatic hydroxyl groups excluding tert-OH is 1. The van der Waals surface area contributed by atoms with Gasteiger partial charge in [0, 0.05) is 0 Å². The van der Waals surface area contributed by atoms with E-state index in [1.165, 1.54) is 31.2 Å². The standard InChI is InChI=1S/C16H26OS/c1-12(2)14-4-6-15(7-5-14)16(17)8-3-13-9-10-18-11-13/h9-12,14-17H,3-8H2,1-2H3. The second-order valence-electron chi connectivity index (χ2n) is 6.16. The van der Waals surface area contributed by atoms with Crippen LogP contribution in [0.5, 0.6) is 0 Å². The van der Waals surface area contributed by atoms with Crippen molar-refractivity contribution in [2.24, 2.45) is 17.8 Å². The second kappa shape index (κ2) is 6.72. The number of hydrogen-bond acceptors (Lipinski definition) is 2. The van der Waals surface area contributed by atoms with Crippen LogP contribution in [0.15, 0.2) is 16.8 Å². The van der Waals surface area contributed by atoms with Crippen LogP contribution in [-0.4, -0.2) is 11.2 Å². The molecule has 1 heterocycles. The Kier molecular flexibility index (Phi) is 5.25. The lowest BCUT2D eigenvalue weighted by atomic mass is 9.74. The van der Waals surface area contributed by atoms with Crippen molar-refractivity contribution in [3.63, 3.8) is 0 Å². The van der Waals surface area contributed by atoms with Gasteiger partial charge in [0.25, 0.3) is 0 Å². The van der Waals surface area contributed by atoms with E-state index in [9.17, 15) is 5.11 Å². The molecule has 1 saturated carbocycles. The lowest BCUT2D eigenvalue weighted by molar-refractivity contribution is 0.0611. The van der Waals surface area contributed by atoms with E-state index < -0.39 is 0 Å². The van der Waals surface area contributed by atoms with Crippen LogP contribution in [0.25, 0.3) is 0 Å². The summed E-state index contributed by atoms with van der Waals surface area (Å²) in [7, 11) is 0. The Labute approximate surface area is 115 Å². The van der Waals surface area contributed by atoms with Gasteiger partial charge < -0.3 is 5.11 Å². The quantitative estimate of drug-likeness (QED) is 0.831. The van der Waals surface area contributed by atoms with Gasteiger partial charge in [-0.25, -0.2) is 0 Å². The molecule has 2 rings (SSSR count). The molecule has 1 aliphatic rings. The van der Waals surface area contributed by atoms with E-state index in [0.717, 1.165) is 24.7 Å². The molecule has 1 aromatic rings. The van der Waals surface area contributed by atoms with Crippen molar-refractivity contribution in [2.75, 3.05) is 0 Å². The van der Waals surface area contributed by atoms with Crippen molar-refractivity contribution in [3.8, 4) is 0 Å². The summed E-state index contributed by atoms with van der Waals surface area (Å²) in [5, 5.41) is 14.6. The van der Waals surface area contributed by atoms with Gasteiger partial charge in [0.15, 0.2) is 0 Å². The van der Waals surface area contributed by atoms with E-state index in [2.05, 4.69) is 30.7 Å². The molecule has 1 aliphatic carbocycles. The minimum absolute atomic E-state index is 0.0852. The van der Waals surface area contributed by atoms with Gasteiger partial charge in [0.2, 0.25) is 0 Å². The van der Waals surface area contributed by atoms with Gasteiger partial charge in [0.05, 0.1) is 6.10 Å². The lowest BCUT2D eigenvalue weighted by Crippen LogP contribution is -2.27. The second-order valence-corrected chi connectivity index (χ2v) is 6.94. The Morgan fingerprint density at radius 1 is 1.22 bits per heavy atom. The van der Waals surface area contributed by atoms with Crippen molar-refractivity contribution >= 4 is 11.3 Å². The monoisotopic (exact) mass is 266 g/mol. The van der Waals surface area contributed by atoms with Crippen LogP contribution in [0.2, 0.25) is 0 Å². The predicted octanol–water partition coefficient (Wildman–Crippen LogP) is 4.50. The average Bonchev–Trinajstić information content (AvgIpc) is 2.89. The molecule has 1 unspecified atom stereocenters. The molecule has 0 bridgehead atoms. The molecule has 0 amide bonds. The van der Waals surface area contributed by atoms with Crippen LogP contribution in [0, 0.1) is 17.8 Å². The molecule has 1 atom stereocenters. The molecule has 1 N–H and O–H groups in total. The summed E-state index contributed by atoms with van der Waals surface area (Å²) in [6.07, 6.45) is 6.98. The molecule has 1 fully saturated rings. The van der Waals surface area contributed by atoms with E-state index in [1.807, 2.05) is 0 Å². The number of aliphatic hydroxyl groups is 1. The predicted molar refractivity (Wildman–Crippen MR) is 78.9 cm³/mol. The van der Waals surface area contributed by atoms with E-state index in [4.69, 9.17) is 0 Å². The van der Waals surface area contributed by atoms with Crippen LogP contribution in [0.3, 0.4) is 0 Å². The molecular formula is C16H26OS. The fourth-order valence-corrected chi connectivity index (χ4v) is 3.88. The van der Waals surface area contributed by atoms with Gasteiger partial charge in [-0.05, 0) is 78.7 Å². The van der Waals surface area contributed by atoms with Crippen molar-refractivity contribution in [1.82, 2.24) is 0 Å². The molecule has 0 aliphatic heterocycles. The summed E-state index contributed by atoms with van der Waals surface area (Å²) in [6.45, 7) is 4.66. The Hall–Kier alpha value is -0.340. The van der Waals surface area contributed by atoms with Gasteiger partial charge in [-0.2, -0.15) is 11.3 Å². The van der Waals surface area contributed by atoms with Crippen molar-refractivity contribution < 1.29 is 5.11 Å². The summed E-state index contributed by atoms with van der Waals surface area (Å²) in [5.41, 5.74) is 1.38. The highest BCUT2D eigenvalue weighted by molar-refractivity contribution is 7.07. The number of hydrogen-bond donors (Lipinski definition) is 1. The largest absolute Gasteiger partial charge is 0.393 e. The maximum atomic E-state index is 10.3. The minimum atomic E-state index is -0.0852. The first-order chi connectivity index (χ1) is 8.66. The number of thiophene rings is 1. The fraction of sp³-hybridized carbons (Fsp3) is 0.750. The Balaban J connectivity index is 1.72. The molecule has 102 valence electrons. The molecule has 1 nitrogen and oxygen atoms in total.